The van der Waals surface area contributed by atoms with Crippen LogP contribution in [0.2, 0.25) is 0 Å². The Hall–Kier alpha value is -0.120. The van der Waals surface area contributed by atoms with Gasteiger partial charge in [-0.25, -0.2) is 0 Å². The van der Waals surface area contributed by atoms with Crippen molar-refractivity contribution < 1.29 is 9.47 Å². The zero-order valence-electron chi connectivity index (χ0n) is 11.3. The summed E-state index contributed by atoms with van der Waals surface area (Å²) < 4.78 is 11.2. The van der Waals surface area contributed by atoms with Gasteiger partial charge in [0.2, 0.25) is 0 Å². The van der Waals surface area contributed by atoms with Crippen LogP contribution >= 0.6 is 0 Å². The predicted molar refractivity (Wildman–Crippen MR) is 69.0 cm³/mol. The van der Waals surface area contributed by atoms with E-state index < -0.39 is 0 Å². The fourth-order valence-corrected chi connectivity index (χ4v) is 2.81. The molecule has 0 spiro atoms. The molecule has 1 aliphatic heterocycles. The first-order chi connectivity index (χ1) is 8.16. The molecule has 1 N–H and O–H groups in total. The fourth-order valence-electron chi connectivity index (χ4n) is 2.81. The third kappa shape index (κ3) is 4.57. The Kier molecular flexibility index (Phi) is 4.83. The lowest BCUT2D eigenvalue weighted by atomic mass is 10.0. The fraction of sp³-hybridized carbons (Fsp3) is 1.00. The van der Waals surface area contributed by atoms with Gasteiger partial charge in [0, 0.05) is 0 Å². The van der Waals surface area contributed by atoms with Gasteiger partial charge < -0.3 is 14.8 Å². The molecule has 0 bridgehead atoms. The van der Waals surface area contributed by atoms with Crippen molar-refractivity contribution in [1.82, 2.24) is 5.32 Å². The van der Waals surface area contributed by atoms with E-state index in [0.717, 1.165) is 25.7 Å². The summed E-state index contributed by atoms with van der Waals surface area (Å²) >= 11 is 0. The Bertz CT molecular complexity index is 214. The van der Waals surface area contributed by atoms with Crippen molar-refractivity contribution >= 4 is 0 Å². The minimum absolute atomic E-state index is 0.381. The van der Waals surface area contributed by atoms with Gasteiger partial charge in [-0.2, -0.15) is 0 Å². The van der Waals surface area contributed by atoms with Crippen LogP contribution in [0.15, 0.2) is 0 Å². The largest absolute Gasteiger partial charge is 0.349 e. The Morgan fingerprint density at radius 1 is 1.12 bits per heavy atom. The van der Waals surface area contributed by atoms with Crippen LogP contribution in [0.4, 0.5) is 0 Å². The van der Waals surface area contributed by atoms with E-state index in [1.165, 1.54) is 38.5 Å². The van der Waals surface area contributed by atoms with E-state index in [9.17, 15) is 0 Å². The molecule has 0 radical (unpaired) electrons. The molecule has 1 aliphatic carbocycles. The Labute approximate surface area is 105 Å². The Morgan fingerprint density at radius 3 is 2.41 bits per heavy atom. The lowest BCUT2D eigenvalue weighted by Crippen LogP contribution is -2.48. The summed E-state index contributed by atoms with van der Waals surface area (Å²) in [6, 6.07) is 0.381. The molecule has 17 heavy (non-hydrogen) atoms. The second kappa shape index (κ2) is 6.17. The monoisotopic (exact) mass is 241 g/mol. The SMILES string of the molecule is CC1(C)OCC(NCCCC2CCCC2)CO1. The van der Waals surface area contributed by atoms with Crippen molar-refractivity contribution in [3.63, 3.8) is 0 Å². The molecule has 0 unspecified atom stereocenters. The van der Waals surface area contributed by atoms with Crippen LogP contribution in [0.25, 0.3) is 0 Å². The lowest BCUT2D eigenvalue weighted by Gasteiger charge is -2.35. The minimum Gasteiger partial charge on any atom is -0.349 e. The van der Waals surface area contributed by atoms with Gasteiger partial charge in [0.15, 0.2) is 5.79 Å². The molecule has 0 aromatic carbocycles. The van der Waals surface area contributed by atoms with Gasteiger partial charge in [-0.1, -0.05) is 25.7 Å². The van der Waals surface area contributed by atoms with Crippen LogP contribution in [-0.4, -0.2) is 31.6 Å². The molecule has 1 saturated carbocycles. The van der Waals surface area contributed by atoms with E-state index in [4.69, 9.17) is 9.47 Å². The van der Waals surface area contributed by atoms with E-state index >= 15 is 0 Å². The maximum atomic E-state index is 5.62. The van der Waals surface area contributed by atoms with Crippen LogP contribution in [0.3, 0.4) is 0 Å². The van der Waals surface area contributed by atoms with Crippen LogP contribution < -0.4 is 5.32 Å². The van der Waals surface area contributed by atoms with Crippen molar-refractivity contribution in [2.24, 2.45) is 5.92 Å². The molecule has 100 valence electrons. The van der Waals surface area contributed by atoms with Crippen molar-refractivity contribution in [3.05, 3.63) is 0 Å². The summed E-state index contributed by atoms with van der Waals surface area (Å²) in [6.45, 7) is 6.60. The Morgan fingerprint density at radius 2 is 1.76 bits per heavy atom. The summed E-state index contributed by atoms with van der Waals surface area (Å²) in [7, 11) is 0. The van der Waals surface area contributed by atoms with E-state index in [-0.39, 0.29) is 5.79 Å². The highest BCUT2D eigenvalue weighted by atomic mass is 16.7. The second-order valence-corrected chi connectivity index (χ2v) is 5.97. The van der Waals surface area contributed by atoms with Gasteiger partial charge in [-0.15, -0.1) is 0 Å². The highest BCUT2D eigenvalue weighted by Gasteiger charge is 2.27. The number of hydrogen-bond acceptors (Lipinski definition) is 3. The maximum Gasteiger partial charge on any atom is 0.162 e. The Balaban J connectivity index is 1.51. The molecule has 0 atom stereocenters. The van der Waals surface area contributed by atoms with Gasteiger partial charge in [0.1, 0.15) is 0 Å². The van der Waals surface area contributed by atoms with E-state index in [2.05, 4.69) is 5.32 Å². The molecule has 2 rings (SSSR count). The standard InChI is InChI=1S/C14H27NO2/c1-14(2)16-10-13(11-17-14)15-9-5-8-12-6-3-4-7-12/h12-13,15H,3-11H2,1-2H3. The van der Waals surface area contributed by atoms with Gasteiger partial charge >= 0.3 is 0 Å². The van der Waals surface area contributed by atoms with Crippen molar-refractivity contribution in [2.45, 2.75) is 64.2 Å². The number of nitrogens with one attached hydrogen (secondary N) is 1. The maximum absolute atomic E-state index is 5.62. The minimum atomic E-state index is -0.387. The summed E-state index contributed by atoms with van der Waals surface area (Å²) in [6.07, 6.45) is 8.53. The van der Waals surface area contributed by atoms with Gasteiger partial charge in [0.25, 0.3) is 0 Å². The highest BCUT2D eigenvalue weighted by molar-refractivity contribution is 4.74. The first-order valence-electron chi connectivity index (χ1n) is 7.17. The molecular formula is C14H27NO2. The smallest absolute Gasteiger partial charge is 0.162 e. The lowest BCUT2D eigenvalue weighted by molar-refractivity contribution is -0.252. The number of rotatable bonds is 5. The third-order valence-electron chi connectivity index (χ3n) is 3.96. The molecule has 0 aromatic heterocycles. The zero-order chi connectivity index (χ0) is 12.1. The topological polar surface area (TPSA) is 30.5 Å². The molecular weight excluding hydrogens is 214 g/mol. The van der Waals surface area contributed by atoms with Gasteiger partial charge in [0.05, 0.1) is 19.3 Å². The molecule has 2 fully saturated rings. The highest BCUT2D eigenvalue weighted by Crippen LogP contribution is 2.28. The molecule has 1 heterocycles. The van der Waals surface area contributed by atoms with Crippen molar-refractivity contribution in [3.8, 4) is 0 Å². The zero-order valence-corrected chi connectivity index (χ0v) is 11.3. The van der Waals surface area contributed by atoms with E-state index in [1.807, 2.05) is 13.8 Å². The first kappa shape index (κ1) is 13.3. The van der Waals surface area contributed by atoms with Gasteiger partial charge in [-0.05, 0) is 39.2 Å². The molecule has 0 aromatic rings. The van der Waals surface area contributed by atoms with Crippen LogP contribution in [0.1, 0.15) is 52.4 Å². The van der Waals surface area contributed by atoms with Crippen LogP contribution in [-0.2, 0) is 9.47 Å². The average molecular weight is 241 g/mol. The van der Waals surface area contributed by atoms with Crippen molar-refractivity contribution in [1.29, 1.82) is 0 Å². The summed E-state index contributed by atoms with van der Waals surface area (Å²) in [5.74, 6) is 0.622. The molecule has 0 amide bonds. The number of ether oxygens (including phenoxy) is 2. The quantitative estimate of drug-likeness (QED) is 0.751. The average Bonchev–Trinajstić information content (AvgIpc) is 2.79. The predicted octanol–water partition coefficient (Wildman–Crippen LogP) is 2.70. The van der Waals surface area contributed by atoms with Gasteiger partial charge in [-0.3, -0.25) is 0 Å². The first-order valence-corrected chi connectivity index (χ1v) is 7.17. The summed E-state index contributed by atoms with van der Waals surface area (Å²) in [5.41, 5.74) is 0. The number of hydrogen-bond donors (Lipinski definition) is 1. The molecule has 2 aliphatic rings. The second-order valence-electron chi connectivity index (χ2n) is 5.97. The van der Waals surface area contributed by atoms with E-state index in [1.54, 1.807) is 0 Å². The summed E-state index contributed by atoms with van der Waals surface area (Å²) in [5, 5.41) is 3.53. The third-order valence-corrected chi connectivity index (χ3v) is 3.96. The van der Waals surface area contributed by atoms with Crippen molar-refractivity contribution in [2.75, 3.05) is 19.8 Å². The molecule has 1 saturated heterocycles. The molecule has 3 heteroatoms. The van der Waals surface area contributed by atoms with Crippen LogP contribution in [0.5, 0.6) is 0 Å². The van der Waals surface area contributed by atoms with Crippen LogP contribution in [0, 0.1) is 5.92 Å². The molecule has 3 nitrogen and oxygen atoms in total. The normalized spacial score (nSPS) is 26.5. The van der Waals surface area contributed by atoms with E-state index in [0.29, 0.717) is 6.04 Å². The summed E-state index contributed by atoms with van der Waals surface area (Å²) in [4.78, 5) is 0.